The highest BCUT2D eigenvalue weighted by molar-refractivity contribution is 7.99. The fraction of sp³-hybridized carbons (Fsp3) is 0.357. The maximum Gasteiger partial charge on any atom is 0.303 e. The smallest absolute Gasteiger partial charge is 0.303 e. The molecule has 10 heteroatoms. The summed E-state index contributed by atoms with van der Waals surface area (Å²) in [5.74, 6) is -0.608. The number of carboxylic acid groups (broad SMARTS) is 1. The summed E-state index contributed by atoms with van der Waals surface area (Å²) in [6.07, 6.45) is 2.22. The van der Waals surface area contributed by atoms with Crippen LogP contribution in [0.5, 0.6) is 0 Å². The number of carboxylic acids is 1. The van der Waals surface area contributed by atoms with Crippen molar-refractivity contribution < 1.29 is 29.3 Å². The van der Waals surface area contributed by atoms with Gasteiger partial charge in [0.05, 0.1) is 25.2 Å². The van der Waals surface area contributed by atoms with Gasteiger partial charge in [-0.1, -0.05) is 67.2 Å². The summed E-state index contributed by atoms with van der Waals surface area (Å²) >= 11 is 1.54. The van der Waals surface area contributed by atoms with Crippen molar-refractivity contribution in [3.05, 3.63) is 89.2 Å². The minimum Gasteiger partial charge on any atom is -0.481 e. The second kappa shape index (κ2) is 13.5. The summed E-state index contributed by atoms with van der Waals surface area (Å²) in [6.45, 7) is 2.39. The fourth-order valence-electron chi connectivity index (χ4n) is 4.13. The summed E-state index contributed by atoms with van der Waals surface area (Å²) in [5.41, 5.74) is 3.57. The molecule has 0 spiro atoms. The lowest BCUT2D eigenvalue weighted by atomic mass is 9.91. The standard InChI is InChI=1S/C28H31N3O6S/c1-18-23(17-38-28-29-13-2-14-30-28)36-27(37-26(18)21-7-5-20(16-32)6-8-21)22-9-3-19(4-10-22)15-31-24(33)11-12-25(34)35/h2-10,13-14,18,23,26-27,32H,11-12,15-17H2,1H3,(H,31,33)(H,34,35). The number of aliphatic hydroxyl groups excluding tert-OH is 1. The lowest BCUT2D eigenvalue weighted by molar-refractivity contribution is -0.268. The van der Waals surface area contributed by atoms with Gasteiger partial charge in [0.2, 0.25) is 5.91 Å². The average Bonchev–Trinajstić information content (AvgIpc) is 2.95. The van der Waals surface area contributed by atoms with Crippen LogP contribution in [0.25, 0.3) is 0 Å². The van der Waals surface area contributed by atoms with Crippen LogP contribution in [-0.4, -0.2) is 43.9 Å². The van der Waals surface area contributed by atoms with E-state index in [1.165, 1.54) is 11.8 Å². The van der Waals surface area contributed by atoms with Crippen LogP contribution < -0.4 is 5.32 Å². The van der Waals surface area contributed by atoms with Crippen molar-refractivity contribution in [2.45, 2.75) is 56.6 Å². The molecule has 1 aliphatic heterocycles. The van der Waals surface area contributed by atoms with E-state index in [9.17, 15) is 14.7 Å². The third-order valence-electron chi connectivity index (χ3n) is 6.35. The van der Waals surface area contributed by atoms with E-state index in [1.54, 1.807) is 18.5 Å². The highest BCUT2D eigenvalue weighted by atomic mass is 32.2. The Morgan fingerprint density at radius 1 is 0.947 bits per heavy atom. The molecule has 0 saturated carbocycles. The van der Waals surface area contributed by atoms with Gasteiger partial charge in [0, 0.05) is 42.6 Å². The summed E-state index contributed by atoms with van der Waals surface area (Å²) in [5, 5.41) is 21.6. The van der Waals surface area contributed by atoms with E-state index in [2.05, 4.69) is 22.2 Å². The number of aromatic nitrogens is 2. The molecule has 0 aliphatic carbocycles. The van der Waals surface area contributed by atoms with Crippen LogP contribution in [0.3, 0.4) is 0 Å². The summed E-state index contributed by atoms with van der Waals surface area (Å²) in [4.78, 5) is 31.1. The molecule has 4 atom stereocenters. The van der Waals surface area contributed by atoms with Crippen molar-refractivity contribution >= 4 is 23.6 Å². The first-order chi connectivity index (χ1) is 18.4. The summed E-state index contributed by atoms with van der Waals surface area (Å²) < 4.78 is 12.9. The Balaban J connectivity index is 1.47. The van der Waals surface area contributed by atoms with Crippen LogP contribution in [0.15, 0.2) is 72.1 Å². The first kappa shape index (κ1) is 27.7. The van der Waals surface area contributed by atoms with E-state index < -0.39 is 12.3 Å². The molecule has 3 aromatic rings. The van der Waals surface area contributed by atoms with Crippen molar-refractivity contribution in [2.75, 3.05) is 5.75 Å². The number of nitrogens with one attached hydrogen (secondary N) is 1. The molecule has 1 saturated heterocycles. The van der Waals surface area contributed by atoms with E-state index in [0.717, 1.165) is 22.3 Å². The highest BCUT2D eigenvalue weighted by Gasteiger charge is 2.38. The number of carbonyl (C=O) groups is 2. The molecule has 2 aromatic carbocycles. The van der Waals surface area contributed by atoms with E-state index in [0.29, 0.717) is 17.5 Å². The van der Waals surface area contributed by atoms with Gasteiger partial charge in [-0.25, -0.2) is 9.97 Å². The molecule has 3 N–H and O–H groups in total. The predicted molar refractivity (Wildman–Crippen MR) is 141 cm³/mol. The number of aliphatic carboxylic acids is 1. The van der Waals surface area contributed by atoms with Gasteiger partial charge in [-0.05, 0) is 22.8 Å². The number of amides is 1. The molecule has 0 radical (unpaired) electrons. The Hall–Kier alpha value is -3.31. The van der Waals surface area contributed by atoms with Crippen LogP contribution in [0.4, 0.5) is 0 Å². The fourth-order valence-corrected chi connectivity index (χ4v) is 5.09. The number of carbonyl (C=O) groups excluding carboxylic acids is 1. The van der Waals surface area contributed by atoms with Crippen molar-refractivity contribution in [2.24, 2.45) is 5.92 Å². The maximum absolute atomic E-state index is 11.8. The van der Waals surface area contributed by atoms with Crippen molar-refractivity contribution in [3.8, 4) is 0 Å². The Morgan fingerprint density at radius 3 is 2.26 bits per heavy atom. The van der Waals surface area contributed by atoms with Crippen molar-refractivity contribution in [1.29, 1.82) is 0 Å². The lowest BCUT2D eigenvalue weighted by Gasteiger charge is -2.41. The molecule has 9 nitrogen and oxygen atoms in total. The minimum atomic E-state index is -0.998. The first-order valence-electron chi connectivity index (χ1n) is 12.4. The normalized spacial score (nSPS) is 21.1. The van der Waals surface area contributed by atoms with Gasteiger partial charge in [0.15, 0.2) is 11.4 Å². The number of ether oxygens (including phenoxy) is 2. The van der Waals surface area contributed by atoms with E-state index in [1.807, 2.05) is 48.5 Å². The first-order valence-corrected chi connectivity index (χ1v) is 13.4. The van der Waals surface area contributed by atoms with Crippen LogP contribution in [0.2, 0.25) is 0 Å². The number of benzene rings is 2. The van der Waals surface area contributed by atoms with E-state index >= 15 is 0 Å². The SMILES string of the molecule is CC1C(CSc2ncccn2)OC(c2ccc(CNC(=O)CCC(=O)O)cc2)OC1c1ccc(CO)cc1. The highest BCUT2D eigenvalue weighted by Crippen LogP contribution is 2.42. The summed E-state index contributed by atoms with van der Waals surface area (Å²) in [6, 6.07) is 17.2. The van der Waals surface area contributed by atoms with Gasteiger partial charge < -0.3 is 25.0 Å². The van der Waals surface area contributed by atoms with Crippen LogP contribution in [0.1, 0.15) is 54.4 Å². The average molecular weight is 538 g/mol. The van der Waals surface area contributed by atoms with Gasteiger partial charge >= 0.3 is 5.97 Å². The monoisotopic (exact) mass is 537 g/mol. The van der Waals surface area contributed by atoms with E-state index in [4.69, 9.17) is 14.6 Å². The number of hydrogen-bond acceptors (Lipinski definition) is 8. The van der Waals surface area contributed by atoms with Crippen molar-refractivity contribution in [1.82, 2.24) is 15.3 Å². The third kappa shape index (κ3) is 7.61. The zero-order valence-electron chi connectivity index (χ0n) is 21.0. The van der Waals surface area contributed by atoms with Gasteiger partial charge in [-0.15, -0.1) is 0 Å². The molecule has 200 valence electrons. The Labute approximate surface area is 225 Å². The molecule has 2 heterocycles. The third-order valence-corrected chi connectivity index (χ3v) is 7.31. The van der Waals surface area contributed by atoms with Crippen LogP contribution in [0, 0.1) is 5.92 Å². The van der Waals surface area contributed by atoms with Crippen molar-refractivity contribution in [3.63, 3.8) is 0 Å². The molecule has 1 fully saturated rings. The molecular weight excluding hydrogens is 506 g/mol. The van der Waals surface area contributed by atoms with E-state index in [-0.39, 0.29) is 43.5 Å². The van der Waals surface area contributed by atoms with Crippen LogP contribution >= 0.6 is 11.8 Å². The topological polar surface area (TPSA) is 131 Å². The maximum atomic E-state index is 11.8. The molecular formula is C28H31N3O6S. The zero-order chi connectivity index (χ0) is 26.9. The Kier molecular flexibility index (Phi) is 9.83. The predicted octanol–water partition coefficient (Wildman–Crippen LogP) is 4.03. The lowest BCUT2D eigenvalue weighted by Crippen LogP contribution is -2.38. The number of nitrogens with zero attached hydrogens (tertiary/aromatic N) is 2. The number of aliphatic hydroxyl groups is 1. The Bertz CT molecular complexity index is 1190. The van der Waals surface area contributed by atoms with Gasteiger partial charge in [-0.2, -0.15) is 0 Å². The van der Waals surface area contributed by atoms with Crippen LogP contribution in [-0.2, 0) is 32.2 Å². The molecule has 1 aliphatic rings. The molecule has 4 rings (SSSR count). The largest absolute Gasteiger partial charge is 0.481 e. The van der Waals surface area contributed by atoms with Gasteiger partial charge in [0.1, 0.15) is 0 Å². The molecule has 38 heavy (non-hydrogen) atoms. The zero-order valence-corrected chi connectivity index (χ0v) is 21.8. The molecule has 1 amide bonds. The summed E-state index contributed by atoms with van der Waals surface area (Å²) in [7, 11) is 0. The Morgan fingerprint density at radius 2 is 1.61 bits per heavy atom. The van der Waals surface area contributed by atoms with Gasteiger partial charge in [0.25, 0.3) is 0 Å². The molecule has 1 aromatic heterocycles. The number of thioether (sulfide) groups is 1. The second-order valence-corrected chi connectivity index (χ2v) is 10.1. The molecule has 4 unspecified atom stereocenters. The number of hydrogen-bond donors (Lipinski definition) is 3. The quantitative estimate of drug-likeness (QED) is 0.245. The minimum absolute atomic E-state index is 0.0181. The second-order valence-electron chi connectivity index (χ2n) is 9.08. The van der Waals surface area contributed by atoms with Gasteiger partial charge in [-0.3, -0.25) is 9.59 Å². The molecule has 0 bridgehead atoms. The number of rotatable bonds is 11.